The zero-order valence-electron chi connectivity index (χ0n) is 11.8. The van der Waals surface area contributed by atoms with Gasteiger partial charge in [0, 0.05) is 8.04 Å². The van der Waals surface area contributed by atoms with E-state index in [0.717, 1.165) is 17.4 Å². The van der Waals surface area contributed by atoms with E-state index >= 15 is 0 Å². The first-order valence-electron chi connectivity index (χ1n) is 6.86. The molecular formula is C17H19BrIN. The average molecular weight is 444 g/mol. The van der Waals surface area contributed by atoms with Crippen LogP contribution < -0.4 is 5.32 Å². The van der Waals surface area contributed by atoms with Crippen LogP contribution in [0.25, 0.3) is 0 Å². The van der Waals surface area contributed by atoms with Crippen LogP contribution in [-0.2, 0) is 0 Å². The monoisotopic (exact) mass is 443 g/mol. The van der Waals surface area contributed by atoms with Crippen molar-refractivity contribution in [3.63, 3.8) is 0 Å². The molecule has 1 atom stereocenters. The zero-order chi connectivity index (χ0) is 14.5. The topological polar surface area (TPSA) is 12.0 Å². The number of hydrogen-bond donors (Lipinski definition) is 1. The van der Waals surface area contributed by atoms with E-state index < -0.39 is 0 Å². The molecule has 0 aliphatic heterocycles. The predicted molar refractivity (Wildman–Crippen MR) is 98.2 cm³/mol. The summed E-state index contributed by atoms with van der Waals surface area (Å²) < 4.78 is 2.42. The van der Waals surface area contributed by atoms with Crippen LogP contribution in [0.1, 0.15) is 36.1 Å². The van der Waals surface area contributed by atoms with Crippen molar-refractivity contribution in [1.29, 1.82) is 0 Å². The summed E-state index contributed by atoms with van der Waals surface area (Å²) in [4.78, 5) is 0. The van der Waals surface area contributed by atoms with E-state index in [1.165, 1.54) is 20.3 Å². The smallest absolute Gasteiger partial charge is 0.0587 e. The molecule has 106 valence electrons. The van der Waals surface area contributed by atoms with Crippen LogP contribution >= 0.6 is 38.5 Å². The van der Waals surface area contributed by atoms with Gasteiger partial charge in [-0.3, -0.25) is 0 Å². The second-order valence-electron chi connectivity index (χ2n) is 4.96. The Bertz CT molecular complexity index is 566. The van der Waals surface area contributed by atoms with Gasteiger partial charge < -0.3 is 5.32 Å². The molecule has 0 amide bonds. The van der Waals surface area contributed by atoms with Crippen molar-refractivity contribution in [3.8, 4) is 0 Å². The fourth-order valence-electron chi connectivity index (χ4n) is 2.19. The number of nitrogens with one attached hydrogen (secondary N) is 1. The Morgan fingerprint density at radius 3 is 2.50 bits per heavy atom. The fourth-order valence-corrected chi connectivity index (χ4v) is 3.22. The summed E-state index contributed by atoms with van der Waals surface area (Å²) in [5.41, 5.74) is 3.95. The van der Waals surface area contributed by atoms with Crippen LogP contribution in [0.15, 0.2) is 46.9 Å². The summed E-state index contributed by atoms with van der Waals surface area (Å²) >= 11 is 6.00. The third-order valence-electron chi connectivity index (χ3n) is 3.28. The summed E-state index contributed by atoms with van der Waals surface area (Å²) in [6.07, 6.45) is 1.13. The predicted octanol–water partition coefficient (Wildman–Crippen LogP) is 5.45. The van der Waals surface area contributed by atoms with E-state index in [1.54, 1.807) is 0 Å². The molecule has 0 radical (unpaired) electrons. The van der Waals surface area contributed by atoms with E-state index in [-0.39, 0.29) is 6.04 Å². The van der Waals surface area contributed by atoms with E-state index in [1.807, 2.05) is 0 Å². The van der Waals surface area contributed by atoms with Crippen LogP contribution in [0.4, 0.5) is 0 Å². The minimum Gasteiger partial charge on any atom is -0.306 e. The molecule has 3 heteroatoms. The number of benzene rings is 2. The lowest BCUT2D eigenvalue weighted by atomic mass is 9.98. The Kier molecular flexibility index (Phi) is 6.05. The molecule has 0 bridgehead atoms. The van der Waals surface area contributed by atoms with Gasteiger partial charge in [0.2, 0.25) is 0 Å². The van der Waals surface area contributed by atoms with E-state index in [0.29, 0.717) is 0 Å². The highest BCUT2D eigenvalue weighted by Gasteiger charge is 2.16. The Morgan fingerprint density at radius 1 is 1.15 bits per heavy atom. The van der Waals surface area contributed by atoms with Crippen molar-refractivity contribution in [3.05, 3.63) is 67.2 Å². The first kappa shape index (κ1) is 16.0. The van der Waals surface area contributed by atoms with Crippen molar-refractivity contribution >= 4 is 38.5 Å². The van der Waals surface area contributed by atoms with Gasteiger partial charge in [-0.05, 0) is 71.8 Å². The van der Waals surface area contributed by atoms with Crippen molar-refractivity contribution < 1.29 is 0 Å². The van der Waals surface area contributed by atoms with Crippen LogP contribution in [0, 0.1) is 10.5 Å². The average Bonchev–Trinajstić information content (AvgIpc) is 2.44. The van der Waals surface area contributed by atoms with E-state index in [9.17, 15) is 0 Å². The number of aryl methyl sites for hydroxylation is 1. The van der Waals surface area contributed by atoms with Gasteiger partial charge in [0.1, 0.15) is 0 Å². The number of rotatable bonds is 5. The van der Waals surface area contributed by atoms with Crippen LogP contribution in [-0.4, -0.2) is 6.54 Å². The molecule has 0 heterocycles. The first-order valence-corrected chi connectivity index (χ1v) is 8.74. The summed E-state index contributed by atoms with van der Waals surface area (Å²) in [5.74, 6) is 0. The maximum atomic E-state index is 3.66. The molecule has 20 heavy (non-hydrogen) atoms. The molecule has 0 saturated heterocycles. The van der Waals surface area contributed by atoms with Crippen molar-refractivity contribution in [2.75, 3.05) is 6.54 Å². The lowest BCUT2D eigenvalue weighted by Crippen LogP contribution is -2.24. The maximum Gasteiger partial charge on any atom is 0.0587 e. The Labute approximate surface area is 143 Å². The summed E-state index contributed by atoms with van der Waals surface area (Å²) in [6, 6.07) is 15.5. The Morgan fingerprint density at radius 2 is 1.85 bits per heavy atom. The maximum absolute atomic E-state index is 3.66. The molecule has 1 N–H and O–H groups in total. The molecule has 2 rings (SSSR count). The van der Waals surface area contributed by atoms with Crippen molar-refractivity contribution in [2.24, 2.45) is 0 Å². The van der Waals surface area contributed by atoms with Crippen molar-refractivity contribution in [2.45, 2.75) is 26.3 Å². The van der Waals surface area contributed by atoms with Gasteiger partial charge in [-0.1, -0.05) is 52.7 Å². The molecule has 0 aliphatic rings. The van der Waals surface area contributed by atoms with Crippen LogP contribution in [0.3, 0.4) is 0 Å². The molecule has 1 unspecified atom stereocenters. The highest BCUT2D eigenvalue weighted by atomic mass is 127. The van der Waals surface area contributed by atoms with Gasteiger partial charge in [-0.25, -0.2) is 0 Å². The highest BCUT2D eigenvalue weighted by Crippen LogP contribution is 2.29. The van der Waals surface area contributed by atoms with Gasteiger partial charge in [0.25, 0.3) is 0 Å². The summed E-state index contributed by atoms with van der Waals surface area (Å²) in [6.45, 7) is 5.34. The normalized spacial score (nSPS) is 12.4. The SMILES string of the molecule is CCCNC(c1ccc(C)cc1)c1cc(Br)ccc1I. The first-order chi connectivity index (χ1) is 9.61. The van der Waals surface area contributed by atoms with Crippen LogP contribution in [0.2, 0.25) is 0 Å². The molecule has 0 spiro atoms. The molecular weight excluding hydrogens is 425 g/mol. The quantitative estimate of drug-likeness (QED) is 0.605. The largest absolute Gasteiger partial charge is 0.306 e. The second-order valence-corrected chi connectivity index (χ2v) is 7.04. The third-order valence-corrected chi connectivity index (χ3v) is 4.75. The van der Waals surface area contributed by atoms with Gasteiger partial charge in [-0.2, -0.15) is 0 Å². The van der Waals surface area contributed by atoms with Crippen LogP contribution in [0.5, 0.6) is 0 Å². The molecule has 1 nitrogen and oxygen atoms in total. The van der Waals surface area contributed by atoms with Gasteiger partial charge in [-0.15, -0.1) is 0 Å². The Hall–Kier alpha value is -0.390. The minimum absolute atomic E-state index is 0.250. The fraction of sp³-hybridized carbons (Fsp3) is 0.294. The van der Waals surface area contributed by atoms with Gasteiger partial charge >= 0.3 is 0 Å². The lowest BCUT2D eigenvalue weighted by Gasteiger charge is -2.21. The standard InChI is InChI=1S/C17H19BrIN/c1-3-10-20-17(13-6-4-12(2)5-7-13)15-11-14(18)8-9-16(15)19/h4-9,11,17,20H,3,10H2,1-2H3. The molecule has 0 saturated carbocycles. The summed E-state index contributed by atoms with van der Waals surface area (Å²) in [5, 5.41) is 3.66. The van der Waals surface area contributed by atoms with E-state index in [4.69, 9.17) is 0 Å². The number of hydrogen-bond acceptors (Lipinski definition) is 1. The third kappa shape index (κ3) is 4.06. The lowest BCUT2D eigenvalue weighted by molar-refractivity contribution is 0.596. The van der Waals surface area contributed by atoms with Gasteiger partial charge in [0.05, 0.1) is 6.04 Å². The van der Waals surface area contributed by atoms with E-state index in [2.05, 4.69) is 100 Å². The Balaban J connectivity index is 2.41. The molecule has 0 aromatic heterocycles. The second kappa shape index (κ2) is 7.57. The molecule has 2 aromatic rings. The van der Waals surface area contributed by atoms with Gasteiger partial charge in [0.15, 0.2) is 0 Å². The number of halogens is 2. The summed E-state index contributed by atoms with van der Waals surface area (Å²) in [7, 11) is 0. The molecule has 0 fully saturated rings. The highest BCUT2D eigenvalue weighted by molar-refractivity contribution is 14.1. The molecule has 0 aliphatic carbocycles. The zero-order valence-corrected chi connectivity index (χ0v) is 15.5. The minimum atomic E-state index is 0.250. The van der Waals surface area contributed by atoms with Crippen molar-refractivity contribution in [1.82, 2.24) is 5.32 Å². The molecule has 2 aromatic carbocycles.